The third-order valence-electron chi connectivity index (χ3n) is 5.65. The molecule has 0 radical (unpaired) electrons. The van der Waals surface area contributed by atoms with E-state index in [1.807, 2.05) is 0 Å². The van der Waals surface area contributed by atoms with Crippen molar-refractivity contribution in [1.82, 2.24) is 32.1 Å². The minimum Gasteiger partial charge on any atom is -0.391 e. The Morgan fingerprint density at radius 3 is 1.59 bits per heavy atom. The Kier molecular flexibility index (Phi) is 16.1. The lowest BCUT2D eigenvalue weighted by Gasteiger charge is -2.29. The molecule has 13 N–H and O–H groups in total. The van der Waals surface area contributed by atoms with Gasteiger partial charge >= 0.3 is 0 Å². The number of aliphatic hydroxyl groups excluding tert-OH is 2. The van der Waals surface area contributed by atoms with Crippen molar-refractivity contribution >= 4 is 41.4 Å². The summed E-state index contributed by atoms with van der Waals surface area (Å²) >= 11 is 0. The van der Waals surface area contributed by atoms with Gasteiger partial charge in [0, 0.05) is 6.42 Å². The molecule has 18 heteroatoms. The van der Waals surface area contributed by atoms with Crippen LogP contribution in [0.15, 0.2) is 0 Å². The van der Waals surface area contributed by atoms with Crippen molar-refractivity contribution in [3.63, 3.8) is 0 Å². The highest BCUT2D eigenvalue weighted by Gasteiger charge is 2.35. The Hall–Kier alpha value is -3.87. The highest BCUT2D eigenvalue weighted by molar-refractivity contribution is 5.96. The number of primary amides is 1. The molecule has 18 nitrogen and oxygen atoms in total. The van der Waals surface area contributed by atoms with Crippen LogP contribution in [0.1, 0.15) is 47.5 Å². The van der Waals surface area contributed by atoms with Crippen LogP contribution < -0.4 is 43.5 Å². The smallest absolute Gasteiger partial charge is 0.262 e. The summed E-state index contributed by atoms with van der Waals surface area (Å²) in [6.45, 7) is 6.18. The second-order valence-corrected chi connectivity index (χ2v) is 9.79. The second kappa shape index (κ2) is 17.7. The zero-order valence-electron chi connectivity index (χ0n) is 23.6. The van der Waals surface area contributed by atoms with Crippen LogP contribution in [0.25, 0.3) is 0 Å². The molecule has 0 saturated heterocycles. The third-order valence-corrected chi connectivity index (χ3v) is 5.65. The minimum absolute atomic E-state index is 0.229. The van der Waals surface area contributed by atoms with Gasteiger partial charge in [-0.3, -0.25) is 38.8 Å². The van der Waals surface area contributed by atoms with Crippen molar-refractivity contribution in [1.29, 1.82) is 0 Å². The molecule has 0 fully saturated rings. The summed E-state index contributed by atoms with van der Waals surface area (Å²) in [5.74, 6) is -6.86. The van der Waals surface area contributed by atoms with Crippen LogP contribution in [0.2, 0.25) is 0 Å². The molecule has 0 bridgehead atoms. The summed E-state index contributed by atoms with van der Waals surface area (Å²) in [4.78, 5) is 85.8. The van der Waals surface area contributed by atoms with Crippen molar-refractivity contribution in [2.24, 2.45) is 17.4 Å². The molecule has 0 aliphatic rings. The SMILES string of the molecule is CC(C)[C@H](NC(=O)[C@@H](NC(=O)[C@H](CCC(N)=O)NC(=O)[C@H](C)N)C(C)O)C(=O)N[C@H](C(=O)NCC(=O)NO)C(C)O. The molecule has 0 rings (SSSR count). The molecule has 7 atom stereocenters. The van der Waals surface area contributed by atoms with Gasteiger partial charge in [0.25, 0.3) is 5.91 Å². The maximum atomic E-state index is 13.1. The van der Waals surface area contributed by atoms with Gasteiger partial charge in [0.1, 0.15) is 24.2 Å². The molecular weight excluding hydrogens is 548 g/mol. The molecule has 41 heavy (non-hydrogen) atoms. The Labute approximate surface area is 236 Å². The van der Waals surface area contributed by atoms with Gasteiger partial charge < -0.3 is 48.3 Å². The first-order valence-corrected chi connectivity index (χ1v) is 12.7. The van der Waals surface area contributed by atoms with E-state index in [0.29, 0.717) is 0 Å². The van der Waals surface area contributed by atoms with E-state index in [2.05, 4.69) is 26.6 Å². The molecule has 0 saturated carbocycles. The molecule has 7 amide bonds. The first kappa shape index (κ1) is 37.1. The highest BCUT2D eigenvalue weighted by atomic mass is 16.5. The van der Waals surface area contributed by atoms with Crippen LogP contribution >= 0.6 is 0 Å². The van der Waals surface area contributed by atoms with E-state index in [-0.39, 0.29) is 12.8 Å². The van der Waals surface area contributed by atoms with E-state index >= 15 is 0 Å². The summed E-state index contributed by atoms with van der Waals surface area (Å²) in [7, 11) is 0. The minimum atomic E-state index is -1.63. The lowest BCUT2D eigenvalue weighted by atomic mass is 10.0. The zero-order valence-corrected chi connectivity index (χ0v) is 23.6. The summed E-state index contributed by atoms with van der Waals surface area (Å²) in [6, 6.07) is -6.86. The molecule has 234 valence electrons. The maximum absolute atomic E-state index is 13.1. The van der Waals surface area contributed by atoms with Crippen molar-refractivity contribution in [2.75, 3.05) is 6.54 Å². The zero-order chi connectivity index (χ0) is 32.0. The second-order valence-electron chi connectivity index (χ2n) is 9.79. The van der Waals surface area contributed by atoms with Gasteiger partial charge in [-0.2, -0.15) is 0 Å². The van der Waals surface area contributed by atoms with Crippen LogP contribution in [-0.2, 0) is 33.6 Å². The Morgan fingerprint density at radius 1 is 0.683 bits per heavy atom. The highest BCUT2D eigenvalue weighted by Crippen LogP contribution is 2.07. The Morgan fingerprint density at radius 2 is 1.15 bits per heavy atom. The predicted molar refractivity (Wildman–Crippen MR) is 141 cm³/mol. The first-order valence-electron chi connectivity index (χ1n) is 12.7. The summed E-state index contributed by atoms with van der Waals surface area (Å²) in [6.07, 6.45) is -3.45. The fourth-order valence-electron chi connectivity index (χ4n) is 3.26. The molecule has 2 unspecified atom stereocenters. The van der Waals surface area contributed by atoms with E-state index in [9.17, 15) is 43.8 Å². The lowest BCUT2D eigenvalue weighted by molar-refractivity contribution is -0.138. The van der Waals surface area contributed by atoms with Gasteiger partial charge in [-0.05, 0) is 33.1 Å². The van der Waals surface area contributed by atoms with Gasteiger partial charge in [0.05, 0.1) is 24.8 Å². The van der Waals surface area contributed by atoms with E-state index in [1.54, 1.807) is 13.8 Å². The van der Waals surface area contributed by atoms with Gasteiger partial charge in [0.15, 0.2) is 0 Å². The summed E-state index contributed by atoms with van der Waals surface area (Å²) < 4.78 is 0. The number of amides is 7. The number of carbonyl (C=O) groups is 7. The maximum Gasteiger partial charge on any atom is 0.262 e. The molecule has 0 aliphatic carbocycles. The van der Waals surface area contributed by atoms with Crippen molar-refractivity contribution in [2.45, 2.75) is 89.9 Å². The quantitative estimate of drug-likeness (QED) is 0.0561. The third kappa shape index (κ3) is 13.4. The van der Waals surface area contributed by atoms with E-state index in [1.165, 1.54) is 26.3 Å². The molecule has 0 heterocycles. The number of rotatable bonds is 17. The van der Waals surface area contributed by atoms with Gasteiger partial charge in [-0.25, -0.2) is 5.48 Å². The molecule has 0 spiro atoms. The van der Waals surface area contributed by atoms with Gasteiger partial charge in [0.2, 0.25) is 35.4 Å². The number of nitrogens with two attached hydrogens (primary N) is 2. The van der Waals surface area contributed by atoms with Crippen molar-refractivity contribution in [3.8, 4) is 0 Å². The topological polar surface area (TPSA) is 304 Å². The predicted octanol–water partition coefficient (Wildman–Crippen LogP) is -5.42. The summed E-state index contributed by atoms with van der Waals surface area (Å²) in [5, 5.41) is 40.1. The van der Waals surface area contributed by atoms with Crippen LogP contribution in [0.3, 0.4) is 0 Å². The Balaban J connectivity index is 5.73. The van der Waals surface area contributed by atoms with Gasteiger partial charge in [-0.15, -0.1) is 0 Å². The van der Waals surface area contributed by atoms with E-state index < -0.39 is 96.2 Å². The average Bonchev–Trinajstić information content (AvgIpc) is 2.87. The van der Waals surface area contributed by atoms with Crippen LogP contribution in [0.5, 0.6) is 0 Å². The molecule has 0 aromatic carbocycles. The molecular formula is C23H42N8O10. The monoisotopic (exact) mass is 590 g/mol. The number of aliphatic hydroxyl groups is 2. The fourth-order valence-corrected chi connectivity index (χ4v) is 3.26. The average molecular weight is 591 g/mol. The van der Waals surface area contributed by atoms with Crippen LogP contribution in [0, 0.1) is 5.92 Å². The number of hydrogen-bond acceptors (Lipinski definition) is 11. The molecule has 0 aromatic heterocycles. The normalized spacial score (nSPS) is 16.0. The van der Waals surface area contributed by atoms with Crippen molar-refractivity contribution in [3.05, 3.63) is 0 Å². The lowest BCUT2D eigenvalue weighted by Crippen LogP contribution is -2.62. The Bertz CT molecular complexity index is 957. The molecule has 0 aromatic rings. The standard InChI is InChI=1S/C23H42N8O10/c1-9(2)16(22(39)30-17(11(4)32)21(38)26-8-15(35)31-41)28-23(40)18(12(5)33)29-20(37)13(6-7-14(25)34)27-19(36)10(3)24/h9-13,16-18,32-33,41H,6-8,24H2,1-5H3,(H2,25,34)(H,26,38)(H,27,36)(H,28,40)(H,29,37)(H,30,39)(H,31,35)/t10-,11?,12?,13-,16-,17-,18-/m0/s1. The number of hydroxylamine groups is 1. The van der Waals surface area contributed by atoms with Crippen molar-refractivity contribution < 1.29 is 49.0 Å². The molecule has 0 aliphatic heterocycles. The first-order chi connectivity index (χ1) is 18.9. The summed E-state index contributed by atoms with van der Waals surface area (Å²) in [5.41, 5.74) is 11.9. The number of hydrogen-bond donors (Lipinski definition) is 11. The van der Waals surface area contributed by atoms with E-state index in [4.69, 9.17) is 16.7 Å². The fraction of sp³-hybridized carbons (Fsp3) is 0.696. The van der Waals surface area contributed by atoms with Crippen LogP contribution in [-0.4, -0.2) is 106 Å². The number of nitrogens with one attached hydrogen (secondary N) is 6. The van der Waals surface area contributed by atoms with Crippen LogP contribution in [0.4, 0.5) is 0 Å². The largest absolute Gasteiger partial charge is 0.391 e. The van der Waals surface area contributed by atoms with Gasteiger partial charge in [-0.1, -0.05) is 13.8 Å². The van der Waals surface area contributed by atoms with E-state index in [0.717, 1.165) is 0 Å². The number of carbonyl (C=O) groups excluding carboxylic acids is 7.